The van der Waals surface area contributed by atoms with E-state index in [-0.39, 0.29) is 17.5 Å². The van der Waals surface area contributed by atoms with Gasteiger partial charge in [0.25, 0.3) is 5.91 Å². The van der Waals surface area contributed by atoms with Gasteiger partial charge in [-0.15, -0.1) is 0 Å². The van der Waals surface area contributed by atoms with E-state index in [1.807, 2.05) is 0 Å². The minimum absolute atomic E-state index is 0.119. The number of hydrogen-bond donors (Lipinski definition) is 2. The SMILES string of the molecule is COc1cc(C(=O)NC(N)=S)cc(Br)c1OCc1ccc(F)cc1. The average Bonchev–Trinajstić information content (AvgIpc) is 2.54. The van der Waals surface area contributed by atoms with Crippen LogP contribution < -0.4 is 20.5 Å². The predicted octanol–water partition coefficient (Wildman–Crippen LogP) is 3.15. The van der Waals surface area contributed by atoms with Crippen LogP contribution in [0.15, 0.2) is 40.9 Å². The van der Waals surface area contributed by atoms with E-state index in [4.69, 9.17) is 15.2 Å². The highest BCUT2D eigenvalue weighted by atomic mass is 79.9. The molecule has 0 unspecified atom stereocenters. The van der Waals surface area contributed by atoms with Gasteiger partial charge in [-0.1, -0.05) is 12.1 Å². The van der Waals surface area contributed by atoms with Crippen LogP contribution in [0.3, 0.4) is 0 Å². The van der Waals surface area contributed by atoms with Gasteiger partial charge in [-0.25, -0.2) is 4.39 Å². The molecule has 0 aliphatic rings. The van der Waals surface area contributed by atoms with Gasteiger partial charge in [0.15, 0.2) is 16.6 Å². The third kappa shape index (κ3) is 4.65. The number of hydrogen-bond acceptors (Lipinski definition) is 4. The third-order valence-electron chi connectivity index (χ3n) is 3.02. The molecule has 3 N–H and O–H groups in total. The first-order valence-corrected chi connectivity index (χ1v) is 7.96. The van der Waals surface area contributed by atoms with Crippen LogP contribution in [0.2, 0.25) is 0 Å². The number of carbonyl (C=O) groups is 1. The molecule has 5 nitrogen and oxygen atoms in total. The molecule has 0 spiro atoms. The van der Waals surface area contributed by atoms with E-state index >= 15 is 0 Å². The van der Waals surface area contributed by atoms with E-state index in [9.17, 15) is 9.18 Å². The van der Waals surface area contributed by atoms with Gasteiger partial charge >= 0.3 is 0 Å². The maximum absolute atomic E-state index is 12.9. The zero-order valence-corrected chi connectivity index (χ0v) is 15.0. The highest BCUT2D eigenvalue weighted by molar-refractivity contribution is 9.10. The summed E-state index contributed by atoms with van der Waals surface area (Å²) in [6.45, 7) is 0.216. The summed E-state index contributed by atoms with van der Waals surface area (Å²) < 4.78 is 24.4. The maximum Gasteiger partial charge on any atom is 0.257 e. The lowest BCUT2D eigenvalue weighted by atomic mass is 10.2. The Morgan fingerprint density at radius 3 is 2.58 bits per heavy atom. The van der Waals surface area contributed by atoms with Gasteiger partial charge in [0.05, 0.1) is 11.6 Å². The smallest absolute Gasteiger partial charge is 0.257 e. The molecule has 1 amide bonds. The summed E-state index contributed by atoms with van der Waals surface area (Å²) in [4.78, 5) is 12.0. The van der Waals surface area contributed by atoms with Crippen molar-refractivity contribution in [2.45, 2.75) is 6.61 Å². The standard InChI is InChI=1S/C16H14BrFN2O3S/c1-22-13-7-10(15(21)20-16(19)24)6-12(17)14(13)23-8-9-2-4-11(18)5-3-9/h2-7H,8H2,1H3,(H3,19,20,21,24). The number of ether oxygens (including phenoxy) is 2. The Bertz CT molecular complexity index is 769. The second kappa shape index (κ2) is 8.07. The molecule has 8 heteroatoms. The summed E-state index contributed by atoms with van der Waals surface area (Å²) in [7, 11) is 1.46. The van der Waals surface area contributed by atoms with Crippen LogP contribution in [-0.4, -0.2) is 18.1 Å². The molecule has 0 saturated heterocycles. The summed E-state index contributed by atoms with van der Waals surface area (Å²) in [5, 5.41) is 2.22. The van der Waals surface area contributed by atoms with Gasteiger partial charge in [0.1, 0.15) is 12.4 Å². The lowest BCUT2D eigenvalue weighted by molar-refractivity contribution is 0.0977. The summed E-state index contributed by atoms with van der Waals surface area (Å²) in [6.07, 6.45) is 0. The largest absolute Gasteiger partial charge is 0.493 e. The van der Waals surface area contributed by atoms with E-state index in [0.29, 0.717) is 21.5 Å². The van der Waals surface area contributed by atoms with Crippen LogP contribution in [0.4, 0.5) is 4.39 Å². The molecule has 0 atom stereocenters. The summed E-state index contributed by atoms with van der Waals surface area (Å²) in [6, 6.07) is 9.04. The Hall–Kier alpha value is -2.19. The Labute approximate surface area is 152 Å². The Morgan fingerprint density at radius 2 is 2.00 bits per heavy atom. The molecule has 2 aromatic rings. The number of benzene rings is 2. The number of methoxy groups -OCH3 is 1. The number of thiocarbonyl (C=S) groups is 1. The van der Waals surface area contributed by atoms with Crippen molar-refractivity contribution in [3.8, 4) is 11.5 Å². The van der Waals surface area contributed by atoms with Crippen molar-refractivity contribution in [3.05, 3.63) is 57.8 Å². The number of nitrogens with one attached hydrogen (secondary N) is 1. The first-order valence-electron chi connectivity index (χ1n) is 6.76. The maximum atomic E-state index is 12.9. The van der Waals surface area contributed by atoms with Crippen molar-refractivity contribution in [1.29, 1.82) is 0 Å². The third-order valence-corrected chi connectivity index (χ3v) is 3.72. The molecule has 2 aromatic carbocycles. The quantitative estimate of drug-likeness (QED) is 0.737. The van der Waals surface area contributed by atoms with Crippen LogP contribution >= 0.6 is 28.1 Å². The van der Waals surface area contributed by atoms with E-state index in [2.05, 4.69) is 33.5 Å². The zero-order chi connectivity index (χ0) is 17.7. The molecule has 2 rings (SSSR count). The van der Waals surface area contributed by atoms with Crippen molar-refractivity contribution in [3.63, 3.8) is 0 Å². The fourth-order valence-electron chi connectivity index (χ4n) is 1.91. The Kier molecular flexibility index (Phi) is 6.10. The van der Waals surface area contributed by atoms with Crippen molar-refractivity contribution in [2.75, 3.05) is 7.11 Å². The summed E-state index contributed by atoms with van der Waals surface area (Å²) in [5.74, 6) is 0.0190. The van der Waals surface area contributed by atoms with Gasteiger partial charge in [-0.3, -0.25) is 10.1 Å². The highest BCUT2D eigenvalue weighted by Gasteiger charge is 2.16. The fraction of sp³-hybridized carbons (Fsp3) is 0.125. The second-order valence-electron chi connectivity index (χ2n) is 4.72. The molecule has 0 fully saturated rings. The van der Waals surface area contributed by atoms with Gasteiger partial charge in [0, 0.05) is 5.56 Å². The Morgan fingerprint density at radius 1 is 1.33 bits per heavy atom. The Balaban J connectivity index is 2.21. The van der Waals surface area contributed by atoms with Crippen LogP contribution in [0.25, 0.3) is 0 Å². The number of halogens is 2. The fourth-order valence-corrected chi connectivity index (χ4v) is 2.56. The van der Waals surface area contributed by atoms with Gasteiger partial charge in [-0.2, -0.15) is 0 Å². The second-order valence-corrected chi connectivity index (χ2v) is 6.02. The first-order chi connectivity index (χ1) is 11.4. The molecule has 0 aromatic heterocycles. The summed E-state index contributed by atoms with van der Waals surface area (Å²) >= 11 is 8.00. The lowest BCUT2D eigenvalue weighted by Gasteiger charge is -2.14. The number of amides is 1. The normalized spacial score (nSPS) is 10.1. The van der Waals surface area contributed by atoms with E-state index in [1.54, 1.807) is 18.2 Å². The molecule has 0 bridgehead atoms. The van der Waals surface area contributed by atoms with Crippen molar-refractivity contribution in [1.82, 2.24) is 5.32 Å². The minimum atomic E-state index is -0.452. The average molecular weight is 413 g/mol. The molecule has 0 heterocycles. The van der Waals surface area contributed by atoms with Crippen LogP contribution in [-0.2, 0) is 6.61 Å². The number of nitrogens with two attached hydrogens (primary N) is 1. The van der Waals surface area contributed by atoms with Gasteiger partial charge in [-0.05, 0) is 58.0 Å². The molecular weight excluding hydrogens is 399 g/mol. The first kappa shape index (κ1) is 18.2. The monoisotopic (exact) mass is 412 g/mol. The molecule has 0 saturated carbocycles. The molecule has 0 radical (unpaired) electrons. The van der Waals surface area contributed by atoms with E-state index in [0.717, 1.165) is 5.56 Å². The predicted molar refractivity (Wildman–Crippen MR) is 95.7 cm³/mol. The summed E-state index contributed by atoms with van der Waals surface area (Å²) in [5.41, 5.74) is 6.40. The van der Waals surface area contributed by atoms with E-state index in [1.165, 1.54) is 25.3 Å². The van der Waals surface area contributed by atoms with Crippen molar-refractivity contribution in [2.24, 2.45) is 5.73 Å². The highest BCUT2D eigenvalue weighted by Crippen LogP contribution is 2.37. The van der Waals surface area contributed by atoms with Gasteiger partial charge in [0.2, 0.25) is 0 Å². The van der Waals surface area contributed by atoms with Crippen molar-refractivity contribution < 1.29 is 18.7 Å². The molecular formula is C16H14BrFN2O3S. The molecule has 126 valence electrons. The minimum Gasteiger partial charge on any atom is -0.493 e. The topological polar surface area (TPSA) is 73.6 Å². The number of carbonyl (C=O) groups excluding carboxylic acids is 1. The van der Waals surface area contributed by atoms with Crippen LogP contribution in [0.1, 0.15) is 15.9 Å². The van der Waals surface area contributed by atoms with Crippen molar-refractivity contribution >= 4 is 39.2 Å². The van der Waals surface area contributed by atoms with Crippen LogP contribution in [0.5, 0.6) is 11.5 Å². The number of rotatable bonds is 5. The zero-order valence-electron chi connectivity index (χ0n) is 12.6. The lowest BCUT2D eigenvalue weighted by Crippen LogP contribution is -2.34. The molecule has 0 aliphatic carbocycles. The van der Waals surface area contributed by atoms with Crippen LogP contribution in [0, 0.1) is 5.82 Å². The molecule has 0 aliphatic heterocycles. The van der Waals surface area contributed by atoms with Gasteiger partial charge < -0.3 is 15.2 Å². The molecule has 24 heavy (non-hydrogen) atoms. The van der Waals surface area contributed by atoms with E-state index < -0.39 is 5.91 Å².